The van der Waals surface area contributed by atoms with E-state index in [9.17, 15) is 4.79 Å². The third kappa shape index (κ3) is 1.40. The quantitative estimate of drug-likeness (QED) is 0.597. The van der Waals surface area contributed by atoms with Gasteiger partial charge >= 0.3 is 0 Å². The van der Waals surface area contributed by atoms with Gasteiger partial charge in [0.25, 0.3) is 0 Å². The van der Waals surface area contributed by atoms with Crippen molar-refractivity contribution in [1.29, 1.82) is 0 Å². The summed E-state index contributed by atoms with van der Waals surface area (Å²) >= 11 is 0. The van der Waals surface area contributed by atoms with Gasteiger partial charge in [0.1, 0.15) is 5.76 Å². The third-order valence-electron chi connectivity index (χ3n) is 1.54. The molecule has 0 radical (unpaired) electrons. The van der Waals surface area contributed by atoms with Gasteiger partial charge in [0.15, 0.2) is 5.78 Å². The molecule has 58 valence electrons. The number of allylic oxidation sites excluding steroid dienone is 3. The lowest BCUT2D eigenvalue weighted by molar-refractivity contribution is -0.117. The van der Waals surface area contributed by atoms with Gasteiger partial charge in [-0.1, -0.05) is 19.2 Å². The van der Waals surface area contributed by atoms with Crippen molar-refractivity contribution < 1.29 is 9.53 Å². The SMILES string of the molecule is C=CC1=C(C=C)C(=O)CCO1. The van der Waals surface area contributed by atoms with Crippen molar-refractivity contribution in [2.75, 3.05) is 6.61 Å². The zero-order valence-corrected chi connectivity index (χ0v) is 6.30. The summed E-state index contributed by atoms with van der Waals surface area (Å²) in [5, 5.41) is 0. The average Bonchev–Trinajstić information content (AvgIpc) is 2.04. The van der Waals surface area contributed by atoms with Gasteiger partial charge in [-0.15, -0.1) is 0 Å². The molecule has 0 aromatic rings. The van der Waals surface area contributed by atoms with Gasteiger partial charge in [-0.2, -0.15) is 0 Å². The van der Waals surface area contributed by atoms with E-state index in [1.165, 1.54) is 12.2 Å². The van der Waals surface area contributed by atoms with Crippen molar-refractivity contribution in [3.8, 4) is 0 Å². The van der Waals surface area contributed by atoms with Crippen LogP contribution in [0.2, 0.25) is 0 Å². The summed E-state index contributed by atoms with van der Waals surface area (Å²) < 4.78 is 5.17. The minimum Gasteiger partial charge on any atom is -0.492 e. The highest BCUT2D eigenvalue weighted by atomic mass is 16.5. The maximum absolute atomic E-state index is 11.1. The molecule has 0 amide bonds. The van der Waals surface area contributed by atoms with Crippen molar-refractivity contribution >= 4 is 5.78 Å². The first-order chi connectivity index (χ1) is 5.29. The van der Waals surface area contributed by atoms with Crippen LogP contribution in [0.5, 0.6) is 0 Å². The highest BCUT2D eigenvalue weighted by Gasteiger charge is 2.16. The predicted molar refractivity (Wildman–Crippen MR) is 43.0 cm³/mol. The molecule has 0 fully saturated rings. The molecule has 0 aromatic heterocycles. The molecule has 2 nitrogen and oxygen atoms in total. The first-order valence-electron chi connectivity index (χ1n) is 3.44. The highest BCUT2D eigenvalue weighted by Crippen LogP contribution is 2.17. The zero-order chi connectivity index (χ0) is 8.27. The standard InChI is InChI=1S/C9H10O2/c1-3-7-8(10)5-6-11-9(7)4-2/h3-4H,1-2,5-6H2. The van der Waals surface area contributed by atoms with E-state index >= 15 is 0 Å². The lowest BCUT2D eigenvalue weighted by Gasteiger charge is -2.15. The monoisotopic (exact) mass is 150 g/mol. The van der Waals surface area contributed by atoms with Gasteiger partial charge in [-0.3, -0.25) is 4.79 Å². The number of hydrogen-bond acceptors (Lipinski definition) is 2. The molecule has 2 heteroatoms. The van der Waals surface area contributed by atoms with Crippen LogP contribution in [0, 0.1) is 0 Å². The van der Waals surface area contributed by atoms with Crippen LogP contribution in [0.3, 0.4) is 0 Å². The number of carbonyl (C=O) groups is 1. The number of hydrogen-bond donors (Lipinski definition) is 0. The molecule has 0 aromatic carbocycles. The number of Topliss-reactive ketones (excluding diaryl/α,β-unsaturated/α-hetero) is 1. The van der Waals surface area contributed by atoms with Gasteiger partial charge in [0, 0.05) is 6.42 Å². The molecular weight excluding hydrogens is 140 g/mol. The Hall–Kier alpha value is -1.31. The van der Waals surface area contributed by atoms with Crippen molar-refractivity contribution in [2.24, 2.45) is 0 Å². The normalized spacial score (nSPS) is 17.6. The third-order valence-corrected chi connectivity index (χ3v) is 1.54. The molecule has 1 rings (SSSR count). The minimum absolute atomic E-state index is 0.0844. The second-order valence-corrected chi connectivity index (χ2v) is 2.21. The van der Waals surface area contributed by atoms with Crippen LogP contribution in [-0.4, -0.2) is 12.4 Å². The molecule has 0 saturated carbocycles. The van der Waals surface area contributed by atoms with Crippen LogP contribution >= 0.6 is 0 Å². The van der Waals surface area contributed by atoms with Crippen LogP contribution in [0.4, 0.5) is 0 Å². The smallest absolute Gasteiger partial charge is 0.169 e. The molecule has 1 heterocycles. The molecule has 0 bridgehead atoms. The molecule has 11 heavy (non-hydrogen) atoms. The van der Waals surface area contributed by atoms with E-state index in [4.69, 9.17) is 4.74 Å². The number of ketones is 1. The van der Waals surface area contributed by atoms with Crippen LogP contribution in [0.25, 0.3) is 0 Å². The number of rotatable bonds is 2. The largest absolute Gasteiger partial charge is 0.492 e. The molecule has 0 spiro atoms. The predicted octanol–water partition coefficient (Wildman–Crippen LogP) is 1.60. The van der Waals surface area contributed by atoms with Crippen molar-refractivity contribution in [2.45, 2.75) is 6.42 Å². The Bertz CT molecular complexity index is 236. The molecule has 0 aliphatic carbocycles. The number of carbonyl (C=O) groups excluding carboxylic acids is 1. The molecular formula is C9H10O2. The Morgan fingerprint density at radius 3 is 2.55 bits per heavy atom. The second-order valence-electron chi connectivity index (χ2n) is 2.21. The van der Waals surface area contributed by atoms with E-state index in [0.717, 1.165) is 0 Å². The van der Waals surface area contributed by atoms with Gasteiger partial charge in [0.05, 0.1) is 12.2 Å². The van der Waals surface area contributed by atoms with E-state index < -0.39 is 0 Å². The summed E-state index contributed by atoms with van der Waals surface area (Å²) in [6.45, 7) is 7.52. The summed E-state index contributed by atoms with van der Waals surface area (Å²) in [4.78, 5) is 11.1. The van der Waals surface area contributed by atoms with Gasteiger partial charge < -0.3 is 4.74 Å². The van der Waals surface area contributed by atoms with Crippen molar-refractivity contribution in [1.82, 2.24) is 0 Å². The van der Waals surface area contributed by atoms with Crippen LogP contribution in [0.1, 0.15) is 6.42 Å². The topological polar surface area (TPSA) is 26.3 Å². The Morgan fingerprint density at radius 1 is 1.36 bits per heavy atom. The summed E-state index contributed by atoms with van der Waals surface area (Å²) in [5.41, 5.74) is 0.547. The highest BCUT2D eigenvalue weighted by molar-refractivity contribution is 5.99. The lowest BCUT2D eigenvalue weighted by Crippen LogP contribution is -2.14. The van der Waals surface area contributed by atoms with E-state index in [-0.39, 0.29) is 5.78 Å². The molecule has 0 atom stereocenters. The number of ether oxygens (including phenoxy) is 1. The molecule has 0 unspecified atom stereocenters. The molecule has 1 aliphatic heterocycles. The van der Waals surface area contributed by atoms with E-state index in [2.05, 4.69) is 13.2 Å². The Morgan fingerprint density at radius 2 is 2.09 bits per heavy atom. The maximum atomic E-state index is 11.1. The average molecular weight is 150 g/mol. The van der Waals surface area contributed by atoms with E-state index in [0.29, 0.717) is 24.4 Å². The zero-order valence-electron chi connectivity index (χ0n) is 6.30. The molecule has 0 N–H and O–H groups in total. The van der Waals surface area contributed by atoms with E-state index in [1.54, 1.807) is 0 Å². The maximum Gasteiger partial charge on any atom is 0.169 e. The summed E-state index contributed by atoms with van der Waals surface area (Å²) in [6.07, 6.45) is 3.49. The second kappa shape index (κ2) is 3.19. The van der Waals surface area contributed by atoms with Gasteiger partial charge in [-0.05, 0) is 6.08 Å². The molecule has 1 aliphatic rings. The van der Waals surface area contributed by atoms with Gasteiger partial charge in [-0.25, -0.2) is 0 Å². The van der Waals surface area contributed by atoms with Crippen LogP contribution in [0.15, 0.2) is 36.6 Å². The summed E-state index contributed by atoms with van der Waals surface area (Å²) in [5.74, 6) is 0.636. The Kier molecular flexibility index (Phi) is 2.26. The van der Waals surface area contributed by atoms with Gasteiger partial charge in [0.2, 0.25) is 0 Å². The van der Waals surface area contributed by atoms with Crippen molar-refractivity contribution in [3.63, 3.8) is 0 Å². The fourth-order valence-corrected chi connectivity index (χ4v) is 0.987. The Labute approximate surface area is 65.9 Å². The van der Waals surface area contributed by atoms with Crippen molar-refractivity contribution in [3.05, 3.63) is 36.6 Å². The summed E-state index contributed by atoms with van der Waals surface area (Å²) in [6, 6.07) is 0. The fourth-order valence-electron chi connectivity index (χ4n) is 0.987. The van der Waals surface area contributed by atoms with Crippen LogP contribution in [-0.2, 0) is 9.53 Å². The minimum atomic E-state index is 0.0844. The van der Waals surface area contributed by atoms with E-state index in [1.807, 2.05) is 0 Å². The summed E-state index contributed by atoms with van der Waals surface area (Å²) in [7, 11) is 0. The fraction of sp³-hybridized carbons (Fsp3) is 0.222. The van der Waals surface area contributed by atoms with Crippen LogP contribution < -0.4 is 0 Å². The molecule has 0 saturated heterocycles. The Balaban J connectivity index is 3.04. The lowest BCUT2D eigenvalue weighted by atomic mass is 10.1. The first kappa shape index (κ1) is 7.79. The first-order valence-corrected chi connectivity index (χ1v) is 3.44.